The van der Waals surface area contributed by atoms with E-state index in [2.05, 4.69) is 23.1 Å². The minimum Gasteiger partial charge on any atom is -0.497 e. The van der Waals surface area contributed by atoms with Gasteiger partial charge in [-0.25, -0.2) is 0 Å². The van der Waals surface area contributed by atoms with Crippen LogP contribution in [0.3, 0.4) is 0 Å². The molecule has 3 N–H and O–H groups in total. The van der Waals surface area contributed by atoms with Gasteiger partial charge in [0, 0.05) is 24.0 Å². The van der Waals surface area contributed by atoms with Crippen LogP contribution in [0.1, 0.15) is 43.2 Å². The van der Waals surface area contributed by atoms with Crippen LogP contribution < -0.4 is 10.5 Å². The van der Waals surface area contributed by atoms with E-state index in [1.807, 2.05) is 0 Å². The lowest BCUT2D eigenvalue weighted by Gasteiger charge is -2.59. The van der Waals surface area contributed by atoms with Crippen molar-refractivity contribution in [2.24, 2.45) is 11.7 Å². The highest BCUT2D eigenvalue weighted by atomic mass is 16.5. The van der Waals surface area contributed by atoms with Gasteiger partial charge in [0.15, 0.2) is 0 Å². The van der Waals surface area contributed by atoms with Crippen molar-refractivity contribution in [1.82, 2.24) is 4.90 Å². The predicted octanol–water partition coefficient (Wildman–Crippen LogP) is 1.83. The Labute approximate surface area is 144 Å². The zero-order valence-corrected chi connectivity index (χ0v) is 14.5. The fourth-order valence-electron chi connectivity index (χ4n) is 6.00. The normalized spacial score (nSPS) is 41.0. The Morgan fingerprint density at radius 1 is 1.33 bits per heavy atom. The first-order valence-electron chi connectivity index (χ1n) is 9.45. The van der Waals surface area contributed by atoms with Crippen molar-refractivity contribution in [2.45, 2.75) is 61.6 Å². The highest BCUT2D eigenvalue weighted by Gasteiger charge is 2.66. The van der Waals surface area contributed by atoms with Crippen LogP contribution in [0.5, 0.6) is 5.75 Å². The standard InChI is InChI=1S/C20H28N2O2/c1-24-16-5-4-14-8-18-20(23)11-15(21)10-19(20,17(14)9-16)6-7-22(18)12-13-2-3-13/h4-5,9,13,15,18,23H,2-3,6-8,10-12,21H2,1H3/t15-,18+,19+,20+/m0/s1. The number of nitrogens with zero attached hydrogens (tertiary/aromatic N) is 1. The molecule has 4 atom stereocenters. The van der Waals surface area contributed by atoms with Crippen LogP contribution in [-0.4, -0.2) is 47.9 Å². The van der Waals surface area contributed by atoms with Gasteiger partial charge in [0.05, 0.1) is 12.7 Å². The molecule has 3 fully saturated rings. The summed E-state index contributed by atoms with van der Waals surface area (Å²) in [7, 11) is 1.72. The van der Waals surface area contributed by atoms with E-state index in [0.29, 0.717) is 0 Å². The number of nitrogens with two attached hydrogens (primary N) is 1. The van der Waals surface area contributed by atoms with Crippen molar-refractivity contribution in [3.05, 3.63) is 29.3 Å². The second-order valence-electron chi connectivity index (χ2n) is 8.61. The van der Waals surface area contributed by atoms with Crippen LogP contribution in [0.15, 0.2) is 18.2 Å². The largest absolute Gasteiger partial charge is 0.497 e. The van der Waals surface area contributed by atoms with E-state index < -0.39 is 5.60 Å². The highest BCUT2D eigenvalue weighted by Crippen LogP contribution is 2.60. The maximum absolute atomic E-state index is 11.9. The summed E-state index contributed by atoms with van der Waals surface area (Å²) in [6.07, 6.45) is 6.31. The molecular weight excluding hydrogens is 300 g/mol. The Hall–Kier alpha value is -1.10. The van der Waals surface area contributed by atoms with Crippen molar-refractivity contribution in [3.63, 3.8) is 0 Å². The van der Waals surface area contributed by atoms with Gasteiger partial charge in [-0.1, -0.05) is 6.07 Å². The molecule has 0 radical (unpaired) electrons. The van der Waals surface area contributed by atoms with Crippen LogP contribution in [-0.2, 0) is 11.8 Å². The van der Waals surface area contributed by atoms with E-state index in [1.165, 1.54) is 24.0 Å². The molecule has 4 aliphatic rings. The van der Waals surface area contributed by atoms with Gasteiger partial charge in [0.2, 0.25) is 0 Å². The summed E-state index contributed by atoms with van der Waals surface area (Å²) in [6, 6.07) is 6.77. The van der Waals surface area contributed by atoms with Crippen LogP contribution in [0.2, 0.25) is 0 Å². The quantitative estimate of drug-likeness (QED) is 0.889. The van der Waals surface area contributed by atoms with E-state index >= 15 is 0 Å². The third kappa shape index (κ3) is 1.91. The number of hydrogen-bond donors (Lipinski definition) is 2. The summed E-state index contributed by atoms with van der Waals surface area (Å²) in [5.41, 5.74) is 8.24. The number of rotatable bonds is 3. The summed E-state index contributed by atoms with van der Waals surface area (Å²) in [5, 5.41) is 11.9. The van der Waals surface area contributed by atoms with Gasteiger partial charge in [0.1, 0.15) is 5.75 Å². The molecule has 2 saturated carbocycles. The molecule has 0 spiro atoms. The van der Waals surface area contributed by atoms with Crippen LogP contribution in [0.25, 0.3) is 0 Å². The van der Waals surface area contributed by atoms with Crippen molar-refractivity contribution < 1.29 is 9.84 Å². The third-order valence-electron chi connectivity index (χ3n) is 7.27. The molecule has 1 aromatic rings. The molecule has 1 aliphatic heterocycles. The molecule has 2 bridgehead atoms. The molecule has 1 saturated heterocycles. The second kappa shape index (κ2) is 4.96. The van der Waals surface area contributed by atoms with Crippen molar-refractivity contribution in [3.8, 4) is 5.75 Å². The monoisotopic (exact) mass is 328 g/mol. The molecule has 0 unspecified atom stereocenters. The summed E-state index contributed by atoms with van der Waals surface area (Å²) >= 11 is 0. The Morgan fingerprint density at radius 3 is 2.92 bits per heavy atom. The van der Waals surface area contributed by atoms with Crippen LogP contribution in [0, 0.1) is 5.92 Å². The number of likely N-dealkylation sites (tertiary alicyclic amines) is 1. The van der Waals surface area contributed by atoms with Crippen LogP contribution in [0.4, 0.5) is 0 Å². The van der Waals surface area contributed by atoms with Gasteiger partial charge < -0.3 is 15.6 Å². The van der Waals surface area contributed by atoms with Crippen LogP contribution >= 0.6 is 0 Å². The van der Waals surface area contributed by atoms with E-state index in [9.17, 15) is 5.11 Å². The molecule has 0 aromatic heterocycles. The second-order valence-corrected chi connectivity index (χ2v) is 8.61. The summed E-state index contributed by atoms with van der Waals surface area (Å²) in [4.78, 5) is 2.58. The van der Waals surface area contributed by atoms with Crippen molar-refractivity contribution >= 4 is 0 Å². The number of ether oxygens (including phenoxy) is 1. The maximum atomic E-state index is 11.9. The first-order chi connectivity index (χ1) is 11.6. The highest BCUT2D eigenvalue weighted by molar-refractivity contribution is 5.49. The zero-order valence-electron chi connectivity index (χ0n) is 14.5. The van der Waals surface area contributed by atoms with E-state index in [-0.39, 0.29) is 17.5 Å². The summed E-state index contributed by atoms with van der Waals surface area (Å²) in [6.45, 7) is 2.25. The fourth-order valence-corrected chi connectivity index (χ4v) is 6.00. The van der Waals surface area contributed by atoms with Gasteiger partial charge in [-0.15, -0.1) is 0 Å². The van der Waals surface area contributed by atoms with Crippen molar-refractivity contribution in [2.75, 3.05) is 20.2 Å². The zero-order chi connectivity index (χ0) is 16.5. The topological polar surface area (TPSA) is 58.7 Å². The number of benzene rings is 1. The van der Waals surface area contributed by atoms with Gasteiger partial charge >= 0.3 is 0 Å². The molecule has 1 aromatic carbocycles. The number of methoxy groups -OCH3 is 1. The fraction of sp³-hybridized carbons (Fsp3) is 0.700. The summed E-state index contributed by atoms with van der Waals surface area (Å²) < 4.78 is 5.48. The molecule has 130 valence electrons. The Bertz CT molecular complexity index is 674. The molecule has 24 heavy (non-hydrogen) atoms. The summed E-state index contributed by atoms with van der Waals surface area (Å²) in [5.74, 6) is 1.75. The van der Waals surface area contributed by atoms with Crippen molar-refractivity contribution in [1.29, 1.82) is 0 Å². The Morgan fingerprint density at radius 2 is 2.17 bits per heavy atom. The number of hydrogen-bond acceptors (Lipinski definition) is 4. The molecule has 1 heterocycles. The van der Waals surface area contributed by atoms with E-state index in [1.54, 1.807) is 7.11 Å². The Balaban J connectivity index is 1.63. The lowest BCUT2D eigenvalue weighted by Crippen LogP contribution is -2.69. The lowest BCUT2D eigenvalue weighted by atomic mass is 9.56. The maximum Gasteiger partial charge on any atom is 0.119 e. The first-order valence-corrected chi connectivity index (χ1v) is 9.45. The average Bonchev–Trinajstić information content (AvgIpc) is 3.31. The molecule has 3 aliphatic carbocycles. The molecular formula is C20H28N2O2. The SMILES string of the molecule is COc1ccc2c(c1)[C@]13CCN(CC4CC4)[C@H](C2)[C@]1(O)C[C@@H](N)C3. The molecule has 4 heteroatoms. The van der Waals surface area contributed by atoms with Gasteiger partial charge in [-0.2, -0.15) is 0 Å². The first kappa shape index (κ1) is 15.2. The predicted molar refractivity (Wildman–Crippen MR) is 93.2 cm³/mol. The van der Waals surface area contributed by atoms with E-state index in [0.717, 1.165) is 50.4 Å². The van der Waals surface area contributed by atoms with Gasteiger partial charge in [-0.05, 0) is 74.2 Å². The average molecular weight is 328 g/mol. The minimum atomic E-state index is -0.682. The Kier molecular flexibility index (Phi) is 3.14. The third-order valence-corrected chi connectivity index (χ3v) is 7.27. The van der Waals surface area contributed by atoms with Gasteiger partial charge in [-0.3, -0.25) is 4.90 Å². The smallest absolute Gasteiger partial charge is 0.119 e. The lowest BCUT2D eigenvalue weighted by molar-refractivity contribution is -0.131. The molecule has 0 amide bonds. The number of piperidine rings is 1. The van der Waals surface area contributed by atoms with Gasteiger partial charge in [0.25, 0.3) is 0 Å². The minimum absolute atomic E-state index is 0.0931. The molecule has 5 rings (SSSR count). The molecule has 4 nitrogen and oxygen atoms in total. The number of aliphatic hydroxyl groups is 1. The number of fused-ring (bicyclic) bond motifs is 1. The van der Waals surface area contributed by atoms with E-state index in [4.69, 9.17) is 10.5 Å².